The summed E-state index contributed by atoms with van der Waals surface area (Å²) in [4.78, 5) is 5.91. The minimum atomic E-state index is -4.33. The molecule has 1 aromatic carbocycles. The second kappa shape index (κ2) is 7.23. The van der Waals surface area contributed by atoms with Gasteiger partial charge in [0.05, 0.1) is 10.9 Å². The molecule has 1 aliphatic rings. The van der Waals surface area contributed by atoms with Crippen LogP contribution in [0.3, 0.4) is 0 Å². The highest BCUT2D eigenvalue weighted by Crippen LogP contribution is 2.33. The lowest BCUT2D eigenvalue weighted by molar-refractivity contribution is -0.137. The Balaban J connectivity index is 1.73. The van der Waals surface area contributed by atoms with Crippen LogP contribution in [0.5, 0.6) is 0 Å². The van der Waals surface area contributed by atoms with Gasteiger partial charge in [-0.15, -0.1) is 11.8 Å². The first-order valence-corrected chi connectivity index (χ1v) is 8.61. The van der Waals surface area contributed by atoms with E-state index in [0.717, 1.165) is 17.7 Å². The predicted octanol–water partition coefficient (Wildman–Crippen LogP) is 4.83. The Labute approximate surface area is 148 Å². The van der Waals surface area contributed by atoms with Crippen LogP contribution in [0.1, 0.15) is 11.1 Å². The normalized spacial score (nSPS) is 17.1. The number of rotatable bonds is 4. The van der Waals surface area contributed by atoms with Crippen molar-refractivity contribution in [2.24, 2.45) is 0 Å². The van der Waals surface area contributed by atoms with Crippen molar-refractivity contribution >= 4 is 23.3 Å². The molecular formula is C18H16F3N3S. The number of hydrogen-bond donors (Lipinski definition) is 1. The first-order valence-electron chi connectivity index (χ1n) is 7.56. The topological polar surface area (TPSA) is 42.1 Å². The molecule has 1 unspecified atom stereocenters. The zero-order valence-corrected chi connectivity index (χ0v) is 14.0. The van der Waals surface area contributed by atoms with Gasteiger partial charge in [-0.05, 0) is 48.0 Å². The van der Waals surface area contributed by atoms with E-state index in [9.17, 15) is 13.2 Å². The summed E-state index contributed by atoms with van der Waals surface area (Å²) in [6.45, 7) is 0. The number of hydrogen-bond acceptors (Lipinski definition) is 4. The summed E-state index contributed by atoms with van der Waals surface area (Å²) in [5.74, 6) is 1.18. The van der Waals surface area contributed by atoms with Crippen LogP contribution in [0, 0.1) is 0 Å². The van der Waals surface area contributed by atoms with Gasteiger partial charge in [-0.1, -0.05) is 12.2 Å². The highest BCUT2D eigenvalue weighted by Gasteiger charge is 2.30. The highest BCUT2D eigenvalue weighted by atomic mass is 32.2. The number of halogens is 3. The summed E-state index contributed by atoms with van der Waals surface area (Å²) in [7, 11) is 0. The lowest BCUT2D eigenvalue weighted by atomic mass is 10.2. The van der Waals surface area contributed by atoms with Crippen LogP contribution in [0.15, 0.2) is 67.0 Å². The average molecular weight is 363 g/mol. The molecule has 1 aromatic heterocycles. The minimum Gasteiger partial charge on any atom is -0.384 e. The molecule has 0 amide bonds. The molecule has 0 aliphatic carbocycles. The van der Waals surface area contributed by atoms with E-state index in [4.69, 9.17) is 5.73 Å². The zero-order valence-electron chi connectivity index (χ0n) is 13.1. The number of pyridine rings is 1. The predicted molar refractivity (Wildman–Crippen MR) is 95.9 cm³/mol. The molecule has 25 heavy (non-hydrogen) atoms. The first-order chi connectivity index (χ1) is 11.9. The van der Waals surface area contributed by atoms with E-state index in [0.29, 0.717) is 17.3 Å². The number of nitrogen functional groups attached to an aromatic ring is 1. The largest absolute Gasteiger partial charge is 0.416 e. The average Bonchev–Trinajstić information content (AvgIpc) is 2.60. The van der Waals surface area contributed by atoms with Crippen LogP contribution in [0.4, 0.5) is 24.7 Å². The van der Waals surface area contributed by atoms with Crippen molar-refractivity contribution in [3.05, 3.63) is 78.1 Å². The fourth-order valence-corrected chi connectivity index (χ4v) is 3.53. The molecule has 2 N–H and O–H groups in total. The van der Waals surface area contributed by atoms with Crippen LogP contribution in [-0.2, 0) is 11.9 Å². The molecule has 0 fully saturated rings. The van der Waals surface area contributed by atoms with Gasteiger partial charge in [0, 0.05) is 23.8 Å². The van der Waals surface area contributed by atoms with Crippen molar-refractivity contribution in [3.8, 4) is 0 Å². The third-order valence-electron chi connectivity index (χ3n) is 3.67. The van der Waals surface area contributed by atoms with Crippen LogP contribution in [-0.4, -0.2) is 10.4 Å². The monoisotopic (exact) mass is 363 g/mol. The van der Waals surface area contributed by atoms with E-state index in [2.05, 4.69) is 4.98 Å². The van der Waals surface area contributed by atoms with Gasteiger partial charge < -0.3 is 10.6 Å². The van der Waals surface area contributed by atoms with Crippen LogP contribution in [0.2, 0.25) is 0 Å². The van der Waals surface area contributed by atoms with Gasteiger partial charge in [-0.25, -0.2) is 4.98 Å². The fraction of sp³-hybridized carbons (Fsp3) is 0.167. The van der Waals surface area contributed by atoms with E-state index >= 15 is 0 Å². The summed E-state index contributed by atoms with van der Waals surface area (Å²) < 4.78 is 38.2. The molecule has 0 bridgehead atoms. The maximum Gasteiger partial charge on any atom is 0.416 e. The third-order valence-corrected chi connectivity index (χ3v) is 4.89. The lowest BCUT2D eigenvalue weighted by Gasteiger charge is -2.30. The van der Waals surface area contributed by atoms with E-state index in [-0.39, 0.29) is 5.37 Å². The van der Waals surface area contributed by atoms with Gasteiger partial charge in [0.15, 0.2) is 0 Å². The fourth-order valence-electron chi connectivity index (χ4n) is 2.44. The summed E-state index contributed by atoms with van der Waals surface area (Å²) in [5.41, 5.74) is 6.80. The standard InChI is InChI=1S/C18H16F3N3S/c19-18(20,21)14-4-6-15(7-5-14)24-10-2-1-3-17(24)25-12-13-8-9-23-16(22)11-13/h1-11,17H,12H2,(H2,22,23). The van der Waals surface area contributed by atoms with E-state index in [1.165, 1.54) is 12.1 Å². The zero-order chi connectivity index (χ0) is 17.9. The number of thioether (sulfide) groups is 1. The van der Waals surface area contributed by atoms with Gasteiger partial charge >= 0.3 is 6.18 Å². The van der Waals surface area contributed by atoms with E-state index in [1.54, 1.807) is 18.0 Å². The molecule has 1 atom stereocenters. The Kier molecular flexibility index (Phi) is 5.03. The maximum atomic E-state index is 12.7. The van der Waals surface area contributed by atoms with Crippen LogP contribution in [0.25, 0.3) is 0 Å². The molecule has 0 radical (unpaired) electrons. The number of allylic oxidation sites excluding steroid dienone is 2. The SMILES string of the molecule is Nc1cc(CSC2C=CC=CN2c2ccc(C(F)(F)F)cc2)ccn1. The Hall–Kier alpha value is -2.41. The van der Waals surface area contributed by atoms with Crippen molar-refractivity contribution in [2.45, 2.75) is 17.3 Å². The summed E-state index contributed by atoms with van der Waals surface area (Å²) in [5, 5.41) is -0.0175. The Morgan fingerprint density at radius 1 is 1.12 bits per heavy atom. The summed E-state index contributed by atoms with van der Waals surface area (Å²) in [6, 6.07) is 8.90. The molecule has 1 aliphatic heterocycles. The molecule has 0 saturated heterocycles. The Morgan fingerprint density at radius 2 is 1.88 bits per heavy atom. The van der Waals surface area contributed by atoms with Crippen LogP contribution < -0.4 is 10.6 Å². The molecular weight excluding hydrogens is 347 g/mol. The van der Waals surface area contributed by atoms with Crippen molar-refractivity contribution < 1.29 is 13.2 Å². The minimum absolute atomic E-state index is 0.0175. The van der Waals surface area contributed by atoms with Gasteiger partial charge in [-0.2, -0.15) is 13.2 Å². The molecule has 0 spiro atoms. The van der Waals surface area contributed by atoms with Crippen molar-refractivity contribution in [2.75, 3.05) is 10.6 Å². The molecule has 2 heterocycles. The van der Waals surface area contributed by atoms with Crippen LogP contribution >= 0.6 is 11.8 Å². The Morgan fingerprint density at radius 3 is 2.56 bits per heavy atom. The lowest BCUT2D eigenvalue weighted by Crippen LogP contribution is -2.27. The number of nitrogens with zero attached hydrogens (tertiary/aromatic N) is 2. The number of aromatic nitrogens is 1. The molecule has 7 heteroatoms. The molecule has 0 saturated carbocycles. The second-order valence-corrected chi connectivity index (χ2v) is 6.57. The number of benzene rings is 1. The van der Waals surface area contributed by atoms with Gasteiger partial charge in [0.1, 0.15) is 5.82 Å². The molecule has 130 valence electrons. The number of alkyl halides is 3. The highest BCUT2D eigenvalue weighted by molar-refractivity contribution is 7.99. The Bertz CT molecular complexity index is 785. The van der Waals surface area contributed by atoms with Gasteiger partial charge in [0.25, 0.3) is 0 Å². The van der Waals surface area contributed by atoms with E-state index in [1.807, 2.05) is 41.5 Å². The van der Waals surface area contributed by atoms with Gasteiger partial charge in [-0.3, -0.25) is 0 Å². The summed E-state index contributed by atoms with van der Waals surface area (Å²) in [6.07, 6.45) is 4.99. The van der Waals surface area contributed by atoms with Crippen molar-refractivity contribution in [1.82, 2.24) is 4.98 Å². The quantitative estimate of drug-likeness (QED) is 0.845. The molecule has 3 rings (SSSR count). The van der Waals surface area contributed by atoms with Crippen molar-refractivity contribution in [3.63, 3.8) is 0 Å². The number of nitrogens with two attached hydrogens (primary N) is 1. The second-order valence-electron chi connectivity index (χ2n) is 5.47. The molecule has 2 aromatic rings. The maximum absolute atomic E-state index is 12.7. The smallest absolute Gasteiger partial charge is 0.384 e. The molecule has 3 nitrogen and oxygen atoms in total. The first kappa shape index (κ1) is 17.4. The summed E-state index contributed by atoms with van der Waals surface area (Å²) >= 11 is 1.65. The number of anilines is 2. The van der Waals surface area contributed by atoms with Gasteiger partial charge in [0.2, 0.25) is 0 Å². The van der Waals surface area contributed by atoms with Crippen molar-refractivity contribution in [1.29, 1.82) is 0 Å². The van der Waals surface area contributed by atoms with E-state index < -0.39 is 11.7 Å². The third kappa shape index (κ3) is 4.36.